The lowest BCUT2D eigenvalue weighted by molar-refractivity contribution is -0.140. The van der Waals surface area contributed by atoms with Crippen molar-refractivity contribution in [1.82, 2.24) is 15.3 Å². The first-order chi connectivity index (χ1) is 9.43. The lowest BCUT2D eigenvalue weighted by Gasteiger charge is -2.20. The fourth-order valence-electron chi connectivity index (χ4n) is 1.77. The Bertz CT molecular complexity index is 420. The van der Waals surface area contributed by atoms with Gasteiger partial charge >= 0.3 is 5.97 Å². The molecule has 0 aromatic carbocycles. The van der Waals surface area contributed by atoms with Gasteiger partial charge in [0.05, 0.1) is 0 Å². The fourth-order valence-corrected chi connectivity index (χ4v) is 1.77. The Morgan fingerprint density at radius 2 is 1.90 bits per heavy atom. The predicted molar refractivity (Wildman–Crippen MR) is 78.5 cm³/mol. The molecule has 0 fully saturated rings. The second-order valence-electron chi connectivity index (χ2n) is 5.30. The van der Waals surface area contributed by atoms with Gasteiger partial charge in [-0.25, -0.2) is 9.97 Å². The van der Waals surface area contributed by atoms with Crippen molar-refractivity contribution in [1.29, 1.82) is 0 Å². The van der Waals surface area contributed by atoms with Crippen LogP contribution in [0.15, 0.2) is 12.4 Å². The molecule has 6 nitrogen and oxygen atoms in total. The number of nitrogens with one attached hydrogen (secondary N) is 2. The lowest BCUT2D eigenvalue weighted by Crippen LogP contribution is -2.41. The van der Waals surface area contributed by atoms with Gasteiger partial charge < -0.3 is 10.4 Å². The molecule has 0 saturated carbocycles. The van der Waals surface area contributed by atoms with Gasteiger partial charge in [0.1, 0.15) is 6.04 Å². The molecule has 0 aliphatic heterocycles. The smallest absolute Gasteiger partial charge is 0.320 e. The molecule has 20 heavy (non-hydrogen) atoms. The quantitative estimate of drug-likeness (QED) is 0.674. The van der Waals surface area contributed by atoms with Gasteiger partial charge in [0.2, 0.25) is 5.95 Å². The molecule has 0 radical (unpaired) electrons. The van der Waals surface area contributed by atoms with Gasteiger partial charge in [-0.15, -0.1) is 0 Å². The van der Waals surface area contributed by atoms with Gasteiger partial charge in [-0.3, -0.25) is 10.1 Å². The summed E-state index contributed by atoms with van der Waals surface area (Å²) in [4.78, 5) is 19.6. The molecule has 1 aromatic rings. The number of aliphatic carboxylic acids is 1. The van der Waals surface area contributed by atoms with Crippen LogP contribution in [0.1, 0.15) is 39.7 Å². The summed E-state index contributed by atoms with van der Waals surface area (Å²) >= 11 is 0. The second kappa shape index (κ2) is 7.79. The molecule has 6 heteroatoms. The maximum absolute atomic E-state index is 11.2. The van der Waals surface area contributed by atoms with E-state index in [1.807, 2.05) is 27.7 Å². The summed E-state index contributed by atoms with van der Waals surface area (Å²) in [5.41, 5.74) is 0.869. The first kappa shape index (κ1) is 16.4. The Morgan fingerprint density at radius 1 is 1.30 bits per heavy atom. The zero-order valence-corrected chi connectivity index (χ0v) is 12.6. The van der Waals surface area contributed by atoms with Crippen LogP contribution in [0, 0.1) is 5.92 Å². The van der Waals surface area contributed by atoms with Crippen LogP contribution < -0.4 is 10.6 Å². The molecule has 0 aliphatic rings. The Labute approximate surface area is 120 Å². The number of hydrogen-bond donors (Lipinski definition) is 3. The van der Waals surface area contributed by atoms with E-state index in [1.165, 1.54) is 0 Å². The van der Waals surface area contributed by atoms with Gasteiger partial charge in [-0.2, -0.15) is 0 Å². The third-order valence-electron chi connectivity index (χ3n) is 3.13. The number of rotatable bonds is 8. The summed E-state index contributed by atoms with van der Waals surface area (Å²) < 4.78 is 0. The Hall–Kier alpha value is -1.69. The molecule has 0 amide bonds. The highest BCUT2D eigenvalue weighted by Crippen LogP contribution is 2.09. The topological polar surface area (TPSA) is 87.1 Å². The van der Waals surface area contributed by atoms with Crippen molar-refractivity contribution in [2.75, 3.05) is 5.32 Å². The molecule has 3 N–H and O–H groups in total. The highest BCUT2D eigenvalue weighted by atomic mass is 16.4. The number of carboxylic acid groups (broad SMARTS) is 1. The van der Waals surface area contributed by atoms with E-state index < -0.39 is 12.0 Å². The molecule has 1 aromatic heterocycles. The predicted octanol–water partition coefficient (Wildman–Crippen LogP) is 1.89. The fraction of sp³-hybridized carbons (Fsp3) is 0.643. The minimum atomic E-state index is -0.821. The van der Waals surface area contributed by atoms with Crippen molar-refractivity contribution in [3.8, 4) is 0 Å². The lowest BCUT2D eigenvalue weighted by atomic mass is 9.99. The summed E-state index contributed by atoms with van der Waals surface area (Å²) in [5.74, 6) is -0.158. The molecule has 0 saturated heterocycles. The van der Waals surface area contributed by atoms with Crippen molar-refractivity contribution in [3.63, 3.8) is 0 Å². The van der Waals surface area contributed by atoms with Crippen LogP contribution in [0.4, 0.5) is 5.95 Å². The van der Waals surface area contributed by atoms with Crippen molar-refractivity contribution in [2.45, 2.75) is 52.7 Å². The maximum atomic E-state index is 11.2. The monoisotopic (exact) mass is 280 g/mol. The average molecular weight is 280 g/mol. The Morgan fingerprint density at radius 3 is 2.35 bits per heavy atom. The van der Waals surface area contributed by atoms with E-state index in [4.69, 9.17) is 0 Å². The summed E-state index contributed by atoms with van der Waals surface area (Å²) in [5, 5.41) is 15.3. The molecule has 112 valence electrons. The molecule has 1 rings (SSSR count). The first-order valence-corrected chi connectivity index (χ1v) is 6.97. The molecule has 2 atom stereocenters. The molecule has 0 bridgehead atoms. The third kappa shape index (κ3) is 5.13. The minimum absolute atomic E-state index is 0.0790. The number of anilines is 1. The summed E-state index contributed by atoms with van der Waals surface area (Å²) in [7, 11) is 0. The number of hydrogen-bond acceptors (Lipinski definition) is 5. The molecule has 0 aliphatic carbocycles. The van der Waals surface area contributed by atoms with Gasteiger partial charge in [0.25, 0.3) is 0 Å². The van der Waals surface area contributed by atoms with Crippen LogP contribution in [-0.2, 0) is 11.3 Å². The van der Waals surface area contributed by atoms with E-state index in [1.54, 1.807) is 12.4 Å². The largest absolute Gasteiger partial charge is 0.480 e. The van der Waals surface area contributed by atoms with Crippen LogP contribution in [-0.4, -0.2) is 33.1 Å². The van der Waals surface area contributed by atoms with Gasteiger partial charge in [0.15, 0.2) is 0 Å². The standard InChI is InChI=1S/C14H24N4O2/c1-5-10(4)12(13(19)20)15-6-11-7-16-14(17-8-11)18-9(2)3/h7-10,12,15H,5-6H2,1-4H3,(H,19,20)(H,16,17,18)/t10-,12-/m0/s1. The van der Waals surface area contributed by atoms with Crippen molar-refractivity contribution >= 4 is 11.9 Å². The van der Waals surface area contributed by atoms with Crippen LogP contribution in [0.3, 0.4) is 0 Å². The van der Waals surface area contributed by atoms with Crippen LogP contribution >= 0.6 is 0 Å². The van der Waals surface area contributed by atoms with Crippen molar-refractivity contribution in [2.24, 2.45) is 5.92 Å². The van der Waals surface area contributed by atoms with Gasteiger partial charge in [-0.05, 0) is 19.8 Å². The minimum Gasteiger partial charge on any atom is -0.480 e. The van der Waals surface area contributed by atoms with Gasteiger partial charge in [-0.1, -0.05) is 20.3 Å². The zero-order valence-electron chi connectivity index (χ0n) is 12.6. The van der Waals surface area contributed by atoms with Crippen LogP contribution in [0.2, 0.25) is 0 Å². The highest BCUT2D eigenvalue weighted by Gasteiger charge is 2.22. The van der Waals surface area contributed by atoms with E-state index in [0.717, 1.165) is 12.0 Å². The average Bonchev–Trinajstić information content (AvgIpc) is 2.39. The summed E-state index contributed by atoms with van der Waals surface area (Å²) in [6, 6.07) is -0.269. The SMILES string of the molecule is CC[C@H](C)[C@H](NCc1cnc(NC(C)C)nc1)C(=O)O. The van der Waals surface area contributed by atoms with Crippen molar-refractivity contribution in [3.05, 3.63) is 18.0 Å². The summed E-state index contributed by atoms with van der Waals surface area (Å²) in [6.45, 7) is 8.39. The third-order valence-corrected chi connectivity index (χ3v) is 3.13. The normalized spacial score (nSPS) is 14.1. The summed E-state index contributed by atoms with van der Waals surface area (Å²) in [6.07, 6.45) is 4.23. The van der Waals surface area contributed by atoms with E-state index >= 15 is 0 Å². The zero-order chi connectivity index (χ0) is 15.1. The molecule has 0 unspecified atom stereocenters. The highest BCUT2D eigenvalue weighted by molar-refractivity contribution is 5.73. The van der Waals surface area contributed by atoms with Crippen LogP contribution in [0.25, 0.3) is 0 Å². The van der Waals surface area contributed by atoms with E-state index in [9.17, 15) is 9.90 Å². The molecular formula is C14H24N4O2. The number of carbonyl (C=O) groups is 1. The van der Waals surface area contributed by atoms with E-state index in [-0.39, 0.29) is 12.0 Å². The van der Waals surface area contributed by atoms with E-state index in [0.29, 0.717) is 12.5 Å². The molecular weight excluding hydrogens is 256 g/mol. The molecule has 1 heterocycles. The number of nitrogens with zero attached hydrogens (tertiary/aromatic N) is 2. The van der Waals surface area contributed by atoms with Gasteiger partial charge in [0, 0.05) is 30.5 Å². The maximum Gasteiger partial charge on any atom is 0.320 e. The first-order valence-electron chi connectivity index (χ1n) is 6.97. The second-order valence-corrected chi connectivity index (χ2v) is 5.30. The Kier molecular flexibility index (Phi) is 6.38. The van der Waals surface area contributed by atoms with Crippen molar-refractivity contribution < 1.29 is 9.90 Å². The number of aromatic nitrogens is 2. The van der Waals surface area contributed by atoms with Crippen LogP contribution in [0.5, 0.6) is 0 Å². The number of carboxylic acids is 1. The van der Waals surface area contributed by atoms with E-state index in [2.05, 4.69) is 20.6 Å². The Balaban J connectivity index is 2.57. The molecule has 0 spiro atoms.